The quantitative estimate of drug-likeness (QED) is 0.573. The van der Waals surface area contributed by atoms with Crippen molar-refractivity contribution in [3.63, 3.8) is 0 Å². The molecule has 1 aromatic carbocycles. The fourth-order valence-electron chi connectivity index (χ4n) is 4.49. The van der Waals surface area contributed by atoms with Gasteiger partial charge in [-0.1, -0.05) is 0 Å². The SMILES string of the molecule is Cc1cc(C(=O)CN2CCN(c3cnccn3)CC2)c(C)n1-c1ccc2c(c1)OCCO2. The zero-order chi connectivity index (χ0) is 22.1. The predicted octanol–water partition coefficient (Wildman–Crippen LogP) is 2.66. The molecule has 0 N–H and O–H groups in total. The lowest BCUT2D eigenvalue weighted by atomic mass is 10.1. The number of hydrogen-bond donors (Lipinski definition) is 0. The minimum atomic E-state index is 0.148. The van der Waals surface area contributed by atoms with E-state index in [1.54, 1.807) is 18.6 Å². The molecule has 0 amide bonds. The van der Waals surface area contributed by atoms with Gasteiger partial charge in [0.05, 0.1) is 12.7 Å². The van der Waals surface area contributed by atoms with Crippen LogP contribution < -0.4 is 14.4 Å². The second-order valence-electron chi connectivity index (χ2n) is 8.20. The van der Waals surface area contributed by atoms with Crippen LogP contribution in [0.25, 0.3) is 5.69 Å². The molecule has 8 heteroatoms. The molecule has 0 bridgehead atoms. The van der Waals surface area contributed by atoms with Crippen LogP contribution in [0.4, 0.5) is 5.82 Å². The van der Waals surface area contributed by atoms with Crippen LogP contribution in [-0.4, -0.2) is 71.2 Å². The third-order valence-electron chi connectivity index (χ3n) is 6.13. The Labute approximate surface area is 187 Å². The fraction of sp³-hybridized carbons (Fsp3) is 0.375. The van der Waals surface area contributed by atoms with Crippen LogP contribution in [0.5, 0.6) is 11.5 Å². The van der Waals surface area contributed by atoms with E-state index in [-0.39, 0.29) is 5.78 Å². The third kappa shape index (κ3) is 3.93. The summed E-state index contributed by atoms with van der Waals surface area (Å²) in [6, 6.07) is 7.91. The van der Waals surface area contributed by atoms with Gasteiger partial charge in [-0.2, -0.15) is 0 Å². The zero-order valence-corrected chi connectivity index (χ0v) is 18.5. The lowest BCUT2D eigenvalue weighted by Gasteiger charge is -2.34. The molecule has 0 aliphatic carbocycles. The van der Waals surface area contributed by atoms with Crippen molar-refractivity contribution >= 4 is 11.6 Å². The first kappa shape index (κ1) is 20.5. The molecule has 2 aliphatic heterocycles. The molecule has 0 spiro atoms. The number of aryl methyl sites for hydroxylation is 1. The van der Waals surface area contributed by atoms with Crippen molar-refractivity contribution < 1.29 is 14.3 Å². The van der Waals surface area contributed by atoms with Gasteiger partial charge in [0.25, 0.3) is 0 Å². The van der Waals surface area contributed by atoms with Crippen LogP contribution in [0.2, 0.25) is 0 Å². The van der Waals surface area contributed by atoms with E-state index in [2.05, 4.69) is 24.3 Å². The highest BCUT2D eigenvalue weighted by Gasteiger charge is 2.23. The molecule has 0 atom stereocenters. The van der Waals surface area contributed by atoms with E-state index in [1.807, 2.05) is 38.1 Å². The van der Waals surface area contributed by atoms with Gasteiger partial charge in [-0.25, -0.2) is 4.98 Å². The van der Waals surface area contributed by atoms with Crippen LogP contribution in [0.3, 0.4) is 0 Å². The van der Waals surface area contributed by atoms with Gasteiger partial charge in [0, 0.05) is 67.3 Å². The highest BCUT2D eigenvalue weighted by Crippen LogP contribution is 2.33. The minimum Gasteiger partial charge on any atom is -0.486 e. The first-order chi connectivity index (χ1) is 15.6. The van der Waals surface area contributed by atoms with Crippen molar-refractivity contribution in [1.82, 2.24) is 19.4 Å². The van der Waals surface area contributed by atoms with E-state index in [0.29, 0.717) is 19.8 Å². The van der Waals surface area contributed by atoms with E-state index in [1.165, 1.54) is 0 Å². The Morgan fingerprint density at radius 1 is 1.00 bits per heavy atom. The van der Waals surface area contributed by atoms with E-state index in [0.717, 1.165) is 66.1 Å². The molecule has 1 saturated heterocycles. The number of carbonyl (C=O) groups is 1. The van der Waals surface area contributed by atoms with Gasteiger partial charge in [-0.3, -0.25) is 14.7 Å². The largest absolute Gasteiger partial charge is 0.486 e. The summed E-state index contributed by atoms with van der Waals surface area (Å²) in [7, 11) is 0. The molecule has 2 aromatic heterocycles. The van der Waals surface area contributed by atoms with Gasteiger partial charge in [0.15, 0.2) is 17.3 Å². The molecule has 166 valence electrons. The molecule has 2 aliphatic rings. The summed E-state index contributed by atoms with van der Waals surface area (Å²) in [4.78, 5) is 26.1. The molecular formula is C24H27N5O3. The van der Waals surface area contributed by atoms with Crippen LogP contribution in [-0.2, 0) is 0 Å². The molecule has 4 heterocycles. The Morgan fingerprint density at radius 3 is 2.53 bits per heavy atom. The normalized spacial score (nSPS) is 16.2. The number of carbonyl (C=O) groups excluding carboxylic acids is 1. The van der Waals surface area contributed by atoms with E-state index in [9.17, 15) is 4.79 Å². The number of rotatable bonds is 5. The number of nitrogens with zero attached hydrogens (tertiary/aromatic N) is 5. The van der Waals surface area contributed by atoms with Gasteiger partial charge in [-0.05, 0) is 32.0 Å². The van der Waals surface area contributed by atoms with Crippen molar-refractivity contribution in [3.8, 4) is 17.2 Å². The average molecular weight is 434 g/mol. The van der Waals surface area contributed by atoms with Crippen molar-refractivity contribution in [2.24, 2.45) is 0 Å². The maximum absolute atomic E-state index is 13.2. The first-order valence-electron chi connectivity index (χ1n) is 11.0. The summed E-state index contributed by atoms with van der Waals surface area (Å²) in [5.41, 5.74) is 3.71. The molecule has 3 aromatic rings. The number of hydrogen-bond acceptors (Lipinski definition) is 7. The zero-order valence-electron chi connectivity index (χ0n) is 18.5. The van der Waals surface area contributed by atoms with Gasteiger partial charge in [0.1, 0.15) is 19.0 Å². The second kappa shape index (κ2) is 8.63. The summed E-state index contributed by atoms with van der Waals surface area (Å²) in [6.07, 6.45) is 5.18. The molecule has 0 saturated carbocycles. The average Bonchev–Trinajstić information content (AvgIpc) is 3.13. The summed E-state index contributed by atoms with van der Waals surface area (Å²) in [6.45, 7) is 8.88. The molecule has 8 nitrogen and oxygen atoms in total. The number of ketones is 1. The van der Waals surface area contributed by atoms with Crippen LogP contribution in [0.15, 0.2) is 42.9 Å². The maximum Gasteiger partial charge on any atom is 0.178 e. The maximum atomic E-state index is 13.2. The summed E-state index contributed by atoms with van der Waals surface area (Å²) in [5.74, 6) is 2.55. The van der Waals surface area contributed by atoms with Gasteiger partial charge in [-0.15, -0.1) is 0 Å². The second-order valence-corrected chi connectivity index (χ2v) is 8.20. The monoisotopic (exact) mass is 433 g/mol. The first-order valence-corrected chi connectivity index (χ1v) is 11.0. The lowest BCUT2D eigenvalue weighted by Crippen LogP contribution is -2.48. The molecular weight excluding hydrogens is 406 g/mol. The Balaban J connectivity index is 1.28. The van der Waals surface area contributed by atoms with E-state index in [4.69, 9.17) is 9.47 Å². The topological polar surface area (TPSA) is 72.7 Å². The highest BCUT2D eigenvalue weighted by molar-refractivity contribution is 5.99. The van der Waals surface area contributed by atoms with Crippen LogP contribution in [0, 0.1) is 13.8 Å². The Bertz CT molecular complexity index is 1120. The van der Waals surface area contributed by atoms with Crippen molar-refractivity contribution in [1.29, 1.82) is 0 Å². The van der Waals surface area contributed by atoms with Crippen LogP contribution in [0.1, 0.15) is 21.7 Å². The Hall–Kier alpha value is -3.39. The number of aromatic nitrogens is 3. The van der Waals surface area contributed by atoms with Crippen molar-refractivity contribution in [2.45, 2.75) is 13.8 Å². The highest BCUT2D eigenvalue weighted by atomic mass is 16.6. The predicted molar refractivity (Wildman–Crippen MR) is 121 cm³/mol. The summed E-state index contributed by atoms with van der Waals surface area (Å²) >= 11 is 0. The smallest absolute Gasteiger partial charge is 0.178 e. The standard InChI is InChI=1S/C24H27N5O3/c1-17-13-20(18(2)29(17)19-3-4-22-23(14-19)32-12-11-31-22)21(30)16-27-7-9-28(10-8-27)24-15-25-5-6-26-24/h3-6,13-15H,7-12,16H2,1-2H3. The van der Waals surface area contributed by atoms with E-state index >= 15 is 0 Å². The van der Waals surface area contributed by atoms with Crippen molar-refractivity contribution in [2.75, 3.05) is 50.8 Å². The van der Waals surface area contributed by atoms with Crippen molar-refractivity contribution in [3.05, 3.63) is 59.8 Å². The Kier molecular flexibility index (Phi) is 5.53. The van der Waals surface area contributed by atoms with Gasteiger partial charge >= 0.3 is 0 Å². The number of Topliss-reactive ketones (excluding diaryl/α,β-unsaturated/α-hetero) is 1. The van der Waals surface area contributed by atoms with Crippen LogP contribution >= 0.6 is 0 Å². The fourth-order valence-corrected chi connectivity index (χ4v) is 4.49. The molecule has 0 unspecified atom stereocenters. The number of benzene rings is 1. The number of piperazine rings is 1. The third-order valence-corrected chi connectivity index (χ3v) is 6.13. The van der Waals surface area contributed by atoms with Gasteiger partial charge in [0.2, 0.25) is 0 Å². The molecule has 32 heavy (non-hydrogen) atoms. The van der Waals surface area contributed by atoms with E-state index < -0.39 is 0 Å². The number of anilines is 1. The van der Waals surface area contributed by atoms with Gasteiger partial charge < -0.3 is 18.9 Å². The minimum absolute atomic E-state index is 0.148. The summed E-state index contributed by atoms with van der Waals surface area (Å²) in [5, 5.41) is 0. The molecule has 1 fully saturated rings. The summed E-state index contributed by atoms with van der Waals surface area (Å²) < 4.78 is 13.5. The number of ether oxygens (including phenoxy) is 2. The molecule has 0 radical (unpaired) electrons. The molecule has 5 rings (SSSR count). The Morgan fingerprint density at radius 2 is 1.78 bits per heavy atom. The lowest BCUT2D eigenvalue weighted by molar-refractivity contribution is 0.0925. The number of fused-ring (bicyclic) bond motifs is 1.